The van der Waals surface area contributed by atoms with Gasteiger partial charge in [-0.3, -0.25) is 9.52 Å². The van der Waals surface area contributed by atoms with Crippen molar-refractivity contribution in [2.24, 2.45) is 0 Å². The first-order chi connectivity index (χ1) is 10.8. The van der Waals surface area contributed by atoms with Crippen LogP contribution >= 0.6 is 0 Å². The van der Waals surface area contributed by atoms with Gasteiger partial charge in [0.2, 0.25) is 5.91 Å². The molecule has 0 unspecified atom stereocenters. The van der Waals surface area contributed by atoms with E-state index in [2.05, 4.69) is 4.72 Å². The third kappa shape index (κ3) is 4.29. The molecule has 0 atom stereocenters. The molecule has 0 spiro atoms. The van der Waals surface area contributed by atoms with Crippen LogP contribution in [0.4, 0.5) is 10.1 Å². The van der Waals surface area contributed by atoms with Crippen LogP contribution in [0.15, 0.2) is 53.4 Å². The van der Waals surface area contributed by atoms with Crippen LogP contribution in [-0.2, 0) is 21.2 Å². The number of rotatable bonds is 5. The Balaban J connectivity index is 2.15. The summed E-state index contributed by atoms with van der Waals surface area (Å²) in [5, 5.41) is 0. The Morgan fingerprint density at radius 2 is 1.70 bits per heavy atom. The first-order valence-electron chi connectivity index (χ1n) is 6.86. The fraction of sp³-hybridized carbons (Fsp3) is 0.188. The minimum atomic E-state index is -3.99. The number of hydrogen-bond donors (Lipinski definition) is 1. The van der Waals surface area contributed by atoms with Gasteiger partial charge in [-0.15, -0.1) is 0 Å². The van der Waals surface area contributed by atoms with Gasteiger partial charge >= 0.3 is 0 Å². The van der Waals surface area contributed by atoms with Crippen molar-refractivity contribution in [3.05, 3.63) is 59.9 Å². The quantitative estimate of drug-likeness (QED) is 0.911. The summed E-state index contributed by atoms with van der Waals surface area (Å²) in [6, 6.07) is 11.5. The number of nitrogens with one attached hydrogen (secondary N) is 1. The van der Waals surface area contributed by atoms with Crippen molar-refractivity contribution >= 4 is 21.6 Å². The van der Waals surface area contributed by atoms with Gasteiger partial charge < -0.3 is 4.90 Å². The average Bonchev–Trinajstić information content (AvgIpc) is 2.49. The van der Waals surface area contributed by atoms with Gasteiger partial charge in [0.25, 0.3) is 10.0 Å². The second kappa shape index (κ2) is 6.78. The van der Waals surface area contributed by atoms with Crippen molar-refractivity contribution in [3.8, 4) is 0 Å². The van der Waals surface area contributed by atoms with Crippen molar-refractivity contribution in [1.82, 2.24) is 4.90 Å². The molecule has 2 rings (SSSR count). The zero-order chi connectivity index (χ0) is 17.0. The van der Waals surface area contributed by atoms with E-state index in [9.17, 15) is 17.6 Å². The highest BCUT2D eigenvalue weighted by molar-refractivity contribution is 7.92. The Morgan fingerprint density at radius 3 is 2.26 bits per heavy atom. The molecular formula is C16H17FN2O3S. The van der Waals surface area contributed by atoms with Gasteiger partial charge in [-0.2, -0.15) is 0 Å². The topological polar surface area (TPSA) is 66.5 Å². The van der Waals surface area contributed by atoms with Crippen molar-refractivity contribution in [2.75, 3.05) is 18.8 Å². The van der Waals surface area contributed by atoms with Gasteiger partial charge in [0.05, 0.1) is 6.42 Å². The summed E-state index contributed by atoms with van der Waals surface area (Å²) in [5.41, 5.74) is 1.06. The molecule has 5 nitrogen and oxygen atoms in total. The van der Waals surface area contributed by atoms with Crippen LogP contribution < -0.4 is 4.72 Å². The number of carbonyl (C=O) groups excluding carboxylic acids is 1. The molecule has 2 aromatic carbocycles. The maximum Gasteiger partial charge on any atom is 0.264 e. The largest absolute Gasteiger partial charge is 0.349 e. The summed E-state index contributed by atoms with van der Waals surface area (Å²) in [4.78, 5) is 12.7. The predicted octanol–water partition coefficient (Wildman–Crippen LogP) is 2.26. The van der Waals surface area contributed by atoms with E-state index in [-0.39, 0.29) is 12.3 Å². The average molecular weight is 336 g/mol. The first kappa shape index (κ1) is 17.0. The third-order valence-electron chi connectivity index (χ3n) is 3.19. The third-order valence-corrected chi connectivity index (χ3v) is 4.60. The Hall–Kier alpha value is -2.41. The SMILES string of the molecule is CN(C)C(=O)Cc1ccc(NS(=O)(=O)c2ccccc2F)cc1. The molecule has 0 aromatic heterocycles. The van der Waals surface area contributed by atoms with Crippen molar-refractivity contribution < 1.29 is 17.6 Å². The van der Waals surface area contributed by atoms with Crippen LogP contribution in [0, 0.1) is 5.82 Å². The zero-order valence-corrected chi connectivity index (χ0v) is 13.6. The minimum absolute atomic E-state index is 0.0512. The number of carbonyl (C=O) groups is 1. The second-order valence-corrected chi connectivity index (χ2v) is 6.85. The van der Waals surface area contributed by atoms with Crippen LogP contribution in [0.1, 0.15) is 5.56 Å². The molecule has 0 aliphatic carbocycles. The Bertz CT molecular complexity index is 802. The lowest BCUT2D eigenvalue weighted by molar-refractivity contribution is -0.127. The van der Waals surface area contributed by atoms with Gasteiger partial charge in [0.1, 0.15) is 10.7 Å². The Kier molecular flexibility index (Phi) is 5.00. The van der Waals surface area contributed by atoms with E-state index in [1.54, 1.807) is 26.2 Å². The maximum absolute atomic E-state index is 13.6. The molecule has 0 heterocycles. The van der Waals surface area contributed by atoms with E-state index in [0.29, 0.717) is 5.69 Å². The number of likely N-dealkylation sites (N-methyl/N-ethyl adjacent to an activating group) is 1. The molecule has 0 saturated heterocycles. The van der Waals surface area contributed by atoms with E-state index in [1.165, 1.54) is 35.2 Å². The van der Waals surface area contributed by atoms with Crippen LogP contribution in [-0.4, -0.2) is 33.3 Å². The van der Waals surface area contributed by atoms with E-state index in [0.717, 1.165) is 11.6 Å². The molecule has 1 amide bonds. The molecule has 122 valence electrons. The molecule has 0 bridgehead atoms. The van der Waals surface area contributed by atoms with Crippen molar-refractivity contribution in [3.63, 3.8) is 0 Å². The highest BCUT2D eigenvalue weighted by Crippen LogP contribution is 2.19. The summed E-state index contributed by atoms with van der Waals surface area (Å²) in [5.74, 6) is -0.863. The van der Waals surface area contributed by atoms with E-state index >= 15 is 0 Å². The zero-order valence-electron chi connectivity index (χ0n) is 12.8. The van der Waals surface area contributed by atoms with Gasteiger partial charge in [0, 0.05) is 19.8 Å². The molecule has 0 fully saturated rings. The smallest absolute Gasteiger partial charge is 0.264 e. The number of amides is 1. The second-order valence-electron chi connectivity index (χ2n) is 5.20. The summed E-state index contributed by atoms with van der Waals surface area (Å²) in [6.45, 7) is 0. The summed E-state index contributed by atoms with van der Waals surface area (Å²) in [6.07, 6.45) is 0.230. The summed E-state index contributed by atoms with van der Waals surface area (Å²) < 4.78 is 40.3. The maximum atomic E-state index is 13.6. The predicted molar refractivity (Wildman–Crippen MR) is 86.0 cm³/mol. The van der Waals surface area contributed by atoms with Crippen LogP contribution in [0.2, 0.25) is 0 Å². The number of hydrogen-bond acceptors (Lipinski definition) is 3. The van der Waals surface area contributed by atoms with E-state index in [4.69, 9.17) is 0 Å². The molecule has 1 N–H and O–H groups in total. The number of halogens is 1. The fourth-order valence-electron chi connectivity index (χ4n) is 1.90. The van der Waals surface area contributed by atoms with Crippen LogP contribution in [0.5, 0.6) is 0 Å². The van der Waals surface area contributed by atoms with E-state index in [1.807, 2.05) is 0 Å². The number of benzene rings is 2. The molecule has 2 aromatic rings. The summed E-state index contributed by atoms with van der Waals surface area (Å²) >= 11 is 0. The first-order valence-corrected chi connectivity index (χ1v) is 8.34. The van der Waals surface area contributed by atoms with Gasteiger partial charge in [0.15, 0.2) is 0 Å². The number of sulfonamides is 1. The highest BCUT2D eigenvalue weighted by Gasteiger charge is 2.18. The van der Waals surface area contributed by atoms with Crippen LogP contribution in [0.25, 0.3) is 0 Å². The monoisotopic (exact) mass is 336 g/mol. The van der Waals surface area contributed by atoms with Gasteiger partial charge in [-0.25, -0.2) is 12.8 Å². The molecule has 0 radical (unpaired) electrons. The Morgan fingerprint density at radius 1 is 1.09 bits per heavy atom. The molecule has 0 saturated carbocycles. The molecule has 23 heavy (non-hydrogen) atoms. The Labute approximate surface area is 134 Å². The lowest BCUT2D eigenvalue weighted by Crippen LogP contribution is -2.23. The van der Waals surface area contributed by atoms with Gasteiger partial charge in [-0.05, 0) is 29.8 Å². The molecular weight excluding hydrogens is 319 g/mol. The standard InChI is InChI=1S/C16H17FN2O3S/c1-19(2)16(20)11-12-7-9-13(10-8-12)18-23(21,22)15-6-4-3-5-14(15)17/h3-10,18H,11H2,1-2H3. The minimum Gasteiger partial charge on any atom is -0.349 e. The van der Waals surface area contributed by atoms with Crippen molar-refractivity contribution in [2.45, 2.75) is 11.3 Å². The number of nitrogens with zero attached hydrogens (tertiary/aromatic N) is 1. The molecule has 7 heteroatoms. The lowest BCUT2D eigenvalue weighted by atomic mass is 10.1. The normalized spacial score (nSPS) is 11.1. The lowest BCUT2D eigenvalue weighted by Gasteiger charge is -2.11. The number of anilines is 1. The van der Waals surface area contributed by atoms with Gasteiger partial charge in [-0.1, -0.05) is 24.3 Å². The molecule has 0 aliphatic heterocycles. The van der Waals surface area contributed by atoms with E-state index < -0.39 is 20.7 Å². The summed E-state index contributed by atoms with van der Waals surface area (Å²) in [7, 11) is -0.662. The molecule has 0 aliphatic rings. The highest BCUT2D eigenvalue weighted by atomic mass is 32.2. The van der Waals surface area contributed by atoms with Crippen molar-refractivity contribution in [1.29, 1.82) is 0 Å². The van der Waals surface area contributed by atoms with Crippen LogP contribution in [0.3, 0.4) is 0 Å². The fourth-order valence-corrected chi connectivity index (χ4v) is 3.03.